The number of hydrogen-bond donors (Lipinski definition) is 2. The SMILES string of the molecule is CC(C)CNCC(O)CN1CCOc2ccccc2C1. The smallest absolute Gasteiger partial charge is 0.123 e. The van der Waals surface area contributed by atoms with Gasteiger partial charge in [-0.3, -0.25) is 4.90 Å². The van der Waals surface area contributed by atoms with E-state index in [0.29, 0.717) is 25.6 Å². The summed E-state index contributed by atoms with van der Waals surface area (Å²) in [6.07, 6.45) is -0.334. The molecule has 0 radical (unpaired) electrons. The number of para-hydroxylation sites is 1. The van der Waals surface area contributed by atoms with Gasteiger partial charge >= 0.3 is 0 Å². The van der Waals surface area contributed by atoms with Gasteiger partial charge in [0.2, 0.25) is 0 Å². The summed E-state index contributed by atoms with van der Waals surface area (Å²) in [7, 11) is 0. The van der Waals surface area contributed by atoms with E-state index in [9.17, 15) is 5.11 Å². The Labute approximate surface area is 121 Å². The lowest BCUT2D eigenvalue weighted by Gasteiger charge is -2.23. The molecule has 0 aromatic heterocycles. The molecule has 0 amide bonds. The monoisotopic (exact) mass is 278 g/mol. The Morgan fingerprint density at radius 2 is 2.10 bits per heavy atom. The number of hydrogen-bond acceptors (Lipinski definition) is 4. The van der Waals surface area contributed by atoms with E-state index in [0.717, 1.165) is 25.4 Å². The highest BCUT2D eigenvalue weighted by Gasteiger charge is 2.17. The van der Waals surface area contributed by atoms with Crippen LogP contribution in [0.5, 0.6) is 5.75 Å². The highest BCUT2D eigenvalue weighted by molar-refractivity contribution is 5.33. The molecule has 0 spiro atoms. The van der Waals surface area contributed by atoms with Crippen molar-refractivity contribution in [2.24, 2.45) is 5.92 Å². The first-order valence-corrected chi connectivity index (χ1v) is 7.47. The summed E-state index contributed by atoms with van der Waals surface area (Å²) in [6, 6.07) is 8.14. The molecule has 1 unspecified atom stereocenters. The highest BCUT2D eigenvalue weighted by Crippen LogP contribution is 2.22. The molecule has 0 bridgehead atoms. The van der Waals surface area contributed by atoms with E-state index in [4.69, 9.17) is 4.74 Å². The molecule has 1 heterocycles. The summed E-state index contributed by atoms with van der Waals surface area (Å²) < 4.78 is 5.73. The number of benzene rings is 1. The molecule has 1 atom stereocenters. The van der Waals surface area contributed by atoms with E-state index >= 15 is 0 Å². The lowest BCUT2D eigenvalue weighted by Crippen LogP contribution is -2.39. The first kappa shape index (κ1) is 15.3. The molecule has 0 fully saturated rings. The number of rotatable bonds is 6. The molecular weight excluding hydrogens is 252 g/mol. The largest absolute Gasteiger partial charge is 0.492 e. The molecule has 1 aliphatic rings. The Kier molecular flexibility index (Phi) is 5.83. The van der Waals surface area contributed by atoms with Crippen molar-refractivity contribution in [2.75, 3.05) is 32.8 Å². The zero-order valence-corrected chi connectivity index (χ0v) is 12.5. The summed E-state index contributed by atoms with van der Waals surface area (Å²) in [4.78, 5) is 2.26. The topological polar surface area (TPSA) is 44.7 Å². The maximum atomic E-state index is 10.1. The van der Waals surface area contributed by atoms with Crippen LogP contribution in [0.3, 0.4) is 0 Å². The van der Waals surface area contributed by atoms with Crippen LogP contribution in [0.4, 0.5) is 0 Å². The van der Waals surface area contributed by atoms with Gasteiger partial charge in [0.15, 0.2) is 0 Å². The molecule has 0 saturated carbocycles. The Bertz CT molecular complexity index is 409. The number of aliphatic hydroxyl groups excluding tert-OH is 1. The Morgan fingerprint density at radius 3 is 2.90 bits per heavy atom. The molecule has 20 heavy (non-hydrogen) atoms. The van der Waals surface area contributed by atoms with E-state index in [1.165, 1.54) is 5.56 Å². The number of aliphatic hydroxyl groups is 1. The van der Waals surface area contributed by atoms with Gasteiger partial charge in [0.25, 0.3) is 0 Å². The Balaban J connectivity index is 1.81. The normalized spacial score (nSPS) is 17.4. The van der Waals surface area contributed by atoms with E-state index in [-0.39, 0.29) is 6.10 Å². The summed E-state index contributed by atoms with van der Waals surface area (Å²) >= 11 is 0. The second kappa shape index (κ2) is 7.62. The molecular formula is C16H26N2O2. The Hall–Kier alpha value is -1.10. The van der Waals surface area contributed by atoms with Gasteiger partial charge in [0, 0.05) is 31.7 Å². The van der Waals surface area contributed by atoms with Crippen molar-refractivity contribution < 1.29 is 9.84 Å². The average Bonchev–Trinajstić information content (AvgIpc) is 2.59. The standard InChI is InChI=1S/C16H26N2O2/c1-13(2)9-17-10-15(19)12-18-7-8-20-16-6-4-3-5-14(16)11-18/h3-6,13,15,17,19H,7-12H2,1-2H3. The molecule has 1 aromatic rings. The van der Waals surface area contributed by atoms with Crippen LogP contribution >= 0.6 is 0 Å². The molecule has 0 aliphatic carbocycles. The maximum absolute atomic E-state index is 10.1. The predicted molar refractivity (Wildman–Crippen MR) is 80.9 cm³/mol. The quantitative estimate of drug-likeness (QED) is 0.827. The lowest BCUT2D eigenvalue weighted by molar-refractivity contribution is 0.103. The summed E-state index contributed by atoms with van der Waals surface area (Å²) in [5.74, 6) is 1.59. The van der Waals surface area contributed by atoms with Gasteiger partial charge < -0.3 is 15.2 Å². The van der Waals surface area contributed by atoms with Crippen molar-refractivity contribution in [3.63, 3.8) is 0 Å². The number of β-amino-alcohol motifs (C(OH)–C–C–N with tert-alkyl or cyclic N) is 1. The van der Waals surface area contributed by atoms with E-state index < -0.39 is 0 Å². The molecule has 4 heteroatoms. The second-order valence-electron chi connectivity index (χ2n) is 5.90. The Morgan fingerprint density at radius 1 is 1.30 bits per heavy atom. The minimum Gasteiger partial charge on any atom is -0.492 e. The van der Waals surface area contributed by atoms with Crippen LogP contribution in [0, 0.1) is 5.92 Å². The zero-order valence-electron chi connectivity index (χ0n) is 12.5. The van der Waals surface area contributed by atoms with Gasteiger partial charge in [-0.05, 0) is 18.5 Å². The van der Waals surface area contributed by atoms with Crippen LogP contribution in [0.1, 0.15) is 19.4 Å². The fourth-order valence-electron chi connectivity index (χ4n) is 2.44. The van der Waals surface area contributed by atoms with Gasteiger partial charge in [-0.15, -0.1) is 0 Å². The fourth-order valence-corrected chi connectivity index (χ4v) is 2.44. The third-order valence-corrected chi connectivity index (χ3v) is 3.43. The van der Waals surface area contributed by atoms with Crippen molar-refractivity contribution in [3.05, 3.63) is 29.8 Å². The fraction of sp³-hybridized carbons (Fsp3) is 0.625. The van der Waals surface area contributed by atoms with Crippen LogP contribution in [0.2, 0.25) is 0 Å². The minimum atomic E-state index is -0.334. The zero-order chi connectivity index (χ0) is 14.4. The van der Waals surface area contributed by atoms with E-state index in [2.05, 4.69) is 30.1 Å². The van der Waals surface area contributed by atoms with Gasteiger partial charge in [0.1, 0.15) is 12.4 Å². The maximum Gasteiger partial charge on any atom is 0.123 e. The van der Waals surface area contributed by atoms with Crippen LogP contribution in [0.15, 0.2) is 24.3 Å². The molecule has 0 saturated heterocycles. The lowest BCUT2D eigenvalue weighted by atomic mass is 10.2. The van der Waals surface area contributed by atoms with Crippen LogP contribution in [0.25, 0.3) is 0 Å². The van der Waals surface area contributed by atoms with Crippen molar-refractivity contribution in [1.82, 2.24) is 10.2 Å². The van der Waals surface area contributed by atoms with Crippen molar-refractivity contribution in [3.8, 4) is 5.75 Å². The predicted octanol–water partition coefficient (Wildman–Crippen LogP) is 1.49. The molecule has 2 N–H and O–H groups in total. The van der Waals surface area contributed by atoms with E-state index in [1.54, 1.807) is 0 Å². The number of ether oxygens (including phenoxy) is 1. The third-order valence-electron chi connectivity index (χ3n) is 3.43. The summed E-state index contributed by atoms with van der Waals surface area (Å²) in [5.41, 5.74) is 1.20. The third kappa shape index (κ3) is 4.78. The minimum absolute atomic E-state index is 0.334. The highest BCUT2D eigenvalue weighted by atomic mass is 16.5. The number of nitrogens with one attached hydrogen (secondary N) is 1. The van der Waals surface area contributed by atoms with Gasteiger partial charge in [-0.2, -0.15) is 0 Å². The van der Waals surface area contributed by atoms with Crippen LogP contribution < -0.4 is 10.1 Å². The summed E-state index contributed by atoms with van der Waals surface area (Å²) in [5, 5.41) is 13.4. The number of fused-ring (bicyclic) bond motifs is 1. The van der Waals surface area contributed by atoms with Gasteiger partial charge in [-0.1, -0.05) is 32.0 Å². The first-order chi connectivity index (χ1) is 9.65. The number of nitrogens with zero attached hydrogens (tertiary/aromatic N) is 1. The molecule has 112 valence electrons. The van der Waals surface area contributed by atoms with Crippen molar-refractivity contribution in [1.29, 1.82) is 0 Å². The van der Waals surface area contributed by atoms with E-state index in [1.807, 2.05) is 18.2 Å². The molecule has 1 aliphatic heterocycles. The molecule has 2 rings (SSSR count). The van der Waals surface area contributed by atoms with Gasteiger partial charge in [-0.25, -0.2) is 0 Å². The van der Waals surface area contributed by atoms with Crippen LogP contribution in [-0.2, 0) is 6.54 Å². The van der Waals surface area contributed by atoms with Crippen LogP contribution in [-0.4, -0.2) is 48.9 Å². The molecule has 1 aromatic carbocycles. The summed E-state index contributed by atoms with van der Waals surface area (Å²) in [6.45, 7) is 9.00. The van der Waals surface area contributed by atoms with Gasteiger partial charge in [0.05, 0.1) is 6.10 Å². The second-order valence-corrected chi connectivity index (χ2v) is 5.90. The first-order valence-electron chi connectivity index (χ1n) is 7.47. The van der Waals surface area contributed by atoms with Crippen molar-refractivity contribution in [2.45, 2.75) is 26.5 Å². The average molecular weight is 278 g/mol. The molecule has 4 nitrogen and oxygen atoms in total. The van der Waals surface area contributed by atoms with Crippen molar-refractivity contribution >= 4 is 0 Å².